The summed E-state index contributed by atoms with van der Waals surface area (Å²) in [6.45, 7) is 2.55. The van der Waals surface area contributed by atoms with Crippen molar-refractivity contribution in [2.24, 2.45) is 0 Å². The molecule has 0 bridgehead atoms. The van der Waals surface area contributed by atoms with Crippen LogP contribution in [0.1, 0.15) is 26.2 Å². The van der Waals surface area contributed by atoms with Crippen LogP contribution in [-0.4, -0.2) is 68.7 Å². The molecule has 1 unspecified atom stereocenters. The first kappa shape index (κ1) is 17.5. The van der Waals surface area contributed by atoms with Crippen LogP contribution in [0.4, 0.5) is 0 Å². The lowest BCUT2D eigenvalue weighted by Crippen LogP contribution is -2.51. The van der Waals surface area contributed by atoms with Crippen LogP contribution in [0.25, 0.3) is 0 Å². The van der Waals surface area contributed by atoms with Crippen molar-refractivity contribution in [3.63, 3.8) is 0 Å². The van der Waals surface area contributed by atoms with Gasteiger partial charge in [-0.3, -0.25) is 0 Å². The number of sulfonamides is 1. The van der Waals surface area contributed by atoms with Crippen LogP contribution in [0.5, 0.6) is 0 Å². The highest BCUT2D eigenvalue weighted by Crippen LogP contribution is 2.25. The zero-order valence-electron chi connectivity index (χ0n) is 12.3. The third-order valence-corrected chi connectivity index (χ3v) is 9.18. The Morgan fingerprint density at radius 2 is 1.95 bits per heavy atom. The Morgan fingerprint density at radius 3 is 2.57 bits per heavy atom. The van der Waals surface area contributed by atoms with E-state index in [0.29, 0.717) is 37.1 Å². The summed E-state index contributed by atoms with van der Waals surface area (Å²) in [7, 11) is -6.88. The van der Waals surface area contributed by atoms with Crippen molar-refractivity contribution in [3.8, 4) is 0 Å². The van der Waals surface area contributed by atoms with Gasteiger partial charge in [0, 0.05) is 29.8 Å². The zero-order valence-corrected chi connectivity index (χ0v) is 14.8. The standard InChI is InChI=1S/C12H24N2O4S3/c1-2-20(15,16)12-10-19-8-7-14(12)21(17,18)9-3-6-13-11-4-5-11/h11-13H,2-10H2,1H3. The molecule has 2 rings (SSSR count). The molecule has 1 heterocycles. The minimum absolute atomic E-state index is 0.0204. The fourth-order valence-electron chi connectivity index (χ4n) is 2.32. The van der Waals surface area contributed by atoms with Crippen molar-refractivity contribution in [1.82, 2.24) is 9.62 Å². The van der Waals surface area contributed by atoms with Crippen LogP contribution in [0.15, 0.2) is 0 Å². The molecule has 0 aromatic carbocycles. The quantitative estimate of drug-likeness (QED) is 0.629. The summed E-state index contributed by atoms with van der Waals surface area (Å²) in [5.41, 5.74) is 0. The lowest BCUT2D eigenvalue weighted by atomic mass is 10.5. The second kappa shape index (κ2) is 7.16. The van der Waals surface area contributed by atoms with Crippen molar-refractivity contribution in [1.29, 1.82) is 0 Å². The third kappa shape index (κ3) is 4.82. The Hall–Kier alpha value is 0.170. The Labute approximate surface area is 132 Å². The minimum Gasteiger partial charge on any atom is -0.314 e. The molecule has 1 saturated heterocycles. The fourth-order valence-corrected chi connectivity index (χ4v) is 7.71. The number of nitrogens with one attached hydrogen (secondary N) is 1. The van der Waals surface area contributed by atoms with Gasteiger partial charge in [0.25, 0.3) is 0 Å². The van der Waals surface area contributed by atoms with E-state index in [1.54, 1.807) is 6.92 Å². The van der Waals surface area contributed by atoms with Gasteiger partial charge in [-0.2, -0.15) is 16.1 Å². The lowest BCUT2D eigenvalue weighted by molar-refractivity contribution is 0.403. The van der Waals surface area contributed by atoms with Gasteiger partial charge in [0.2, 0.25) is 10.0 Å². The molecule has 1 saturated carbocycles. The molecule has 1 atom stereocenters. The minimum atomic E-state index is -3.50. The van der Waals surface area contributed by atoms with Gasteiger partial charge >= 0.3 is 0 Å². The van der Waals surface area contributed by atoms with E-state index in [2.05, 4.69) is 5.32 Å². The molecular weight excluding hydrogens is 332 g/mol. The lowest BCUT2D eigenvalue weighted by Gasteiger charge is -2.33. The van der Waals surface area contributed by atoms with Crippen LogP contribution in [0.3, 0.4) is 0 Å². The molecule has 0 spiro atoms. The van der Waals surface area contributed by atoms with E-state index in [4.69, 9.17) is 0 Å². The largest absolute Gasteiger partial charge is 0.314 e. The Balaban J connectivity index is 1.97. The monoisotopic (exact) mass is 356 g/mol. The molecule has 0 radical (unpaired) electrons. The highest BCUT2D eigenvalue weighted by molar-refractivity contribution is 8.01. The van der Waals surface area contributed by atoms with E-state index < -0.39 is 25.2 Å². The highest BCUT2D eigenvalue weighted by atomic mass is 32.2. The molecular formula is C12H24N2O4S3. The van der Waals surface area contributed by atoms with Crippen molar-refractivity contribution < 1.29 is 16.8 Å². The zero-order chi connectivity index (χ0) is 15.5. The SMILES string of the molecule is CCS(=O)(=O)C1CSCCN1S(=O)(=O)CCCNC1CC1. The Bertz CT molecular complexity index is 543. The fraction of sp³-hybridized carbons (Fsp3) is 1.00. The molecule has 1 aliphatic carbocycles. The maximum atomic E-state index is 12.4. The summed E-state index contributed by atoms with van der Waals surface area (Å²) < 4.78 is 50.3. The number of hydrogen-bond acceptors (Lipinski definition) is 6. The topological polar surface area (TPSA) is 83.6 Å². The second-order valence-corrected chi connectivity index (χ2v) is 11.1. The first-order chi connectivity index (χ1) is 9.87. The summed E-state index contributed by atoms with van der Waals surface area (Å²) in [4.78, 5) is 0. The normalized spacial score (nSPS) is 25.1. The number of hydrogen-bond donors (Lipinski definition) is 1. The average molecular weight is 357 g/mol. The van der Waals surface area contributed by atoms with Crippen LogP contribution in [0, 0.1) is 0 Å². The van der Waals surface area contributed by atoms with Gasteiger partial charge in [-0.1, -0.05) is 6.92 Å². The molecule has 9 heteroatoms. The molecule has 0 aromatic heterocycles. The average Bonchev–Trinajstić information content (AvgIpc) is 3.28. The van der Waals surface area contributed by atoms with Gasteiger partial charge in [0.15, 0.2) is 9.84 Å². The Kier molecular flexibility index (Phi) is 5.98. The van der Waals surface area contributed by atoms with Crippen molar-refractivity contribution >= 4 is 31.6 Å². The molecule has 0 amide bonds. The summed E-state index contributed by atoms with van der Waals surface area (Å²) in [5.74, 6) is 1.01. The van der Waals surface area contributed by atoms with Crippen molar-refractivity contribution in [2.45, 2.75) is 37.6 Å². The van der Waals surface area contributed by atoms with Crippen LogP contribution >= 0.6 is 11.8 Å². The predicted octanol–water partition coefficient (Wildman–Crippen LogP) is 0.268. The molecule has 0 aromatic rings. The first-order valence-electron chi connectivity index (χ1n) is 7.39. The number of sulfone groups is 1. The molecule has 1 N–H and O–H groups in total. The van der Waals surface area contributed by atoms with Gasteiger partial charge in [-0.15, -0.1) is 0 Å². The summed E-state index contributed by atoms with van der Waals surface area (Å²) in [6, 6.07) is 0.562. The van der Waals surface area contributed by atoms with Crippen LogP contribution in [0.2, 0.25) is 0 Å². The third-order valence-electron chi connectivity index (χ3n) is 3.80. The van der Waals surface area contributed by atoms with Gasteiger partial charge in [0.1, 0.15) is 5.37 Å². The van der Waals surface area contributed by atoms with Crippen LogP contribution in [-0.2, 0) is 19.9 Å². The molecule has 1 aliphatic heterocycles. The molecule has 124 valence electrons. The maximum absolute atomic E-state index is 12.4. The van der Waals surface area contributed by atoms with E-state index in [-0.39, 0.29) is 11.5 Å². The molecule has 6 nitrogen and oxygen atoms in total. The summed E-state index contributed by atoms with van der Waals surface area (Å²) in [6.07, 6.45) is 2.88. The van der Waals surface area contributed by atoms with Crippen molar-refractivity contribution in [3.05, 3.63) is 0 Å². The van der Waals surface area contributed by atoms with E-state index in [1.165, 1.54) is 28.9 Å². The van der Waals surface area contributed by atoms with Gasteiger partial charge in [-0.25, -0.2) is 16.8 Å². The van der Waals surface area contributed by atoms with E-state index in [0.717, 1.165) is 0 Å². The van der Waals surface area contributed by atoms with Crippen LogP contribution < -0.4 is 5.32 Å². The maximum Gasteiger partial charge on any atom is 0.215 e. The van der Waals surface area contributed by atoms with E-state index in [1.807, 2.05) is 0 Å². The van der Waals surface area contributed by atoms with E-state index in [9.17, 15) is 16.8 Å². The van der Waals surface area contributed by atoms with Gasteiger partial charge < -0.3 is 5.32 Å². The molecule has 21 heavy (non-hydrogen) atoms. The molecule has 2 aliphatic rings. The summed E-state index contributed by atoms with van der Waals surface area (Å²) >= 11 is 1.51. The smallest absolute Gasteiger partial charge is 0.215 e. The first-order valence-corrected chi connectivity index (χ1v) is 11.9. The van der Waals surface area contributed by atoms with Gasteiger partial charge in [-0.05, 0) is 25.8 Å². The highest BCUT2D eigenvalue weighted by Gasteiger charge is 2.39. The Morgan fingerprint density at radius 1 is 1.24 bits per heavy atom. The second-order valence-electron chi connectivity index (χ2n) is 5.49. The van der Waals surface area contributed by atoms with E-state index >= 15 is 0 Å². The molecule has 2 fully saturated rings. The van der Waals surface area contributed by atoms with Crippen molar-refractivity contribution in [2.75, 3.05) is 36.1 Å². The number of thioether (sulfide) groups is 1. The predicted molar refractivity (Wildman–Crippen MR) is 86.7 cm³/mol. The number of nitrogens with zero attached hydrogens (tertiary/aromatic N) is 1. The number of rotatable bonds is 8. The van der Waals surface area contributed by atoms with Gasteiger partial charge in [0.05, 0.1) is 5.75 Å². The summed E-state index contributed by atoms with van der Waals surface area (Å²) in [5, 5.41) is 2.39.